The Labute approximate surface area is 205 Å². The van der Waals surface area contributed by atoms with Crippen LogP contribution in [-0.4, -0.2) is 84.2 Å². The summed E-state index contributed by atoms with van der Waals surface area (Å²) in [6.07, 6.45) is -8.68. The van der Waals surface area contributed by atoms with Gasteiger partial charge in [0.15, 0.2) is 0 Å². The fraction of sp³-hybridized carbons (Fsp3) is 1.00. The van der Waals surface area contributed by atoms with E-state index in [1.807, 2.05) is 0 Å². The van der Waals surface area contributed by atoms with Gasteiger partial charge >= 0.3 is 11.8 Å². The van der Waals surface area contributed by atoms with Gasteiger partial charge < -0.3 is 9.47 Å². The highest BCUT2D eigenvalue weighted by Gasteiger charge is 2.62. The molecule has 0 N–H and O–H groups in total. The predicted molar refractivity (Wildman–Crippen MR) is 92.6 cm³/mol. The molecule has 0 aromatic heterocycles. The zero-order chi connectivity index (χ0) is 31.0. The van der Waals surface area contributed by atoms with Crippen LogP contribution in [0.15, 0.2) is 0 Å². The summed E-state index contributed by atoms with van der Waals surface area (Å²) in [6, 6.07) is 0. The Bertz CT molecular complexity index is 777. The topological polar surface area (TPSA) is 204 Å². The molecule has 0 bridgehead atoms. The molecule has 28 heteroatoms. The monoisotopic (exact) mass is 608 g/mol. The molecule has 0 radical (unpaired) electrons. The van der Waals surface area contributed by atoms with E-state index >= 15 is 0 Å². The number of nitro groups is 4. The summed E-state index contributed by atoms with van der Waals surface area (Å²) >= 11 is 0. The van der Waals surface area contributed by atoms with Gasteiger partial charge in [-0.05, 0) is 0 Å². The van der Waals surface area contributed by atoms with E-state index in [0.717, 1.165) is 0 Å². The molecule has 0 fully saturated rings. The number of alkyl halides is 2. The van der Waals surface area contributed by atoms with E-state index in [1.54, 1.807) is 0 Å². The Morgan fingerprint density at radius 1 is 0.513 bits per heavy atom. The highest BCUT2D eigenvalue weighted by Crippen LogP contribution is 2.35. The summed E-state index contributed by atoms with van der Waals surface area (Å²) in [5.41, 5.74) is -8.40. The molecule has 0 saturated heterocycles. The van der Waals surface area contributed by atoms with Crippen molar-refractivity contribution in [1.29, 1.82) is 0 Å². The van der Waals surface area contributed by atoms with Gasteiger partial charge in [0, 0.05) is 34.2 Å². The number of halogens is 10. The van der Waals surface area contributed by atoms with Gasteiger partial charge in [0.25, 0.3) is 0 Å². The molecule has 0 aliphatic rings. The number of hydrogen-bond acceptors (Lipinski definition) is 14. The lowest BCUT2D eigenvalue weighted by Crippen LogP contribution is -2.55. The quantitative estimate of drug-likeness (QED) is 0.0371. The molecule has 0 aromatic carbocycles. The van der Waals surface area contributed by atoms with Crippen LogP contribution in [0.4, 0.5) is 44.6 Å². The smallest absolute Gasteiger partial charge is 0.352 e. The van der Waals surface area contributed by atoms with Gasteiger partial charge in [0.1, 0.15) is 39.3 Å². The van der Waals surface area contributed by atoms with E-state index in [4.69, 9.17) is 0 Å². The average Bonchev–Trinajstić information content (AvgIpc) is 2.80. The van der Waals surface area contributed by atoms with Gasteiger partial charge in [-0.3, -0.25) is 40.5 Å². The fourth-order valence-corrected chi connectivity index (χ4v) is 2.48. The minimum absolute atomic E-state index is 1.76. The molecule has 0 spiro atoms. The third kappa shape index (κ3) is 7.84. The van der Waals surface area contributed by atoms with Crippen LogP contribution in [0.2, 0.25) is 0 Å². The largest absolute Gasteiger partial charge is 0.613 e. The van der Waals surface area contributed by atoms with E-state index in [0.29, 0.717) is 0 Å². The first-order valence-corrected chi connectivity index (χ1v) is 9.26. The van der Waals surface area contributed by atoms with Crippen molar-refractivity contribution in [2.75, 3.05) is 20.0 Å². The Balaban J connectivity index is 5.63. The molecule has 0 rings (SSSR count). The normalized spacial score (nSPS) is 13.5. The van der Waals surface area contributed by atoms with Crippen molar-refractivity contribution in [1.82, 2.24) is 21.4 Å². The Kier molecular flexibility index (Phi) is 12.5. The van der Waals surface area contributed by atoms with Crippen molar-refractivity contribution in [3.63, 3.8) is 0 Å². The number of nitrogens with zero attached hydrogens (tertiary/aromatic N) is 8. The first kappa shape index (κ1) is 35.7. The predicted octanol–water partition coefficient (Wildman–Crippen LogP) is 2.57. The molecule has 228 valence electrons. The summed E-state index contributed by atoms with van der Waals surface area (Å²) in [7, 11) is 0. The zero-order valence-electron chi connectivity index (χ0n) is 18.4. The van der Waals surface area contributed by atoms with Crippen molar-refractivity contribution < 1.29 is 73.8 Å². The van der Waals surface area contributed by atoms with Crippen molar-refractivity contribution in [3.05, 3.63) is 40.5 Å². The molecule has 0 saturated carbocycles. The Morgan fingerprint density at radius 2 is 0.744 bits per heavy atom. The molecule has 0 aliphatic carbocycles. The Hall–Kier alpha value is -3.34. The third-order valence-corrected chi connectivity index (χ3v) is 4.90. The van der Waals surface area contributed by atoms with E-state index in [9.17, 15) is 85.1 Å². The average molecular weight is 608 g/mol. The molecule has 0 aromatic rings. The maximum atomic E-state index is 13.8. The second-order valence-electron chi connectivity index (χ2n) is 7.18. The molecule has 18 nitrogen and oxygen atoms in total. The van der Waals surface area contributed by atoms with E-state index in [1.165, 1.54) is 0 Å². The number of ether oxygens (including phenoxy) is 2. The van der Waals surface area contributed by atoms with E-state index in [-0.39, 0.29) is 0 Å². The first-order valence-electron chi connectivity index (χ1n) is 9.26. The van der Waals surface area contributed by atoms with Crippen LogP contribution in [0, 0.1) is 40.5 Å². The van der Waals surface area contributed by atoms with Gasteiger partial charge in [-0.25, -0.2) is 0 Å². The first-order chi connectivity index (χ1) is 17.7. The molecule has 39 heavy (non-hydrogen) atoms. The highest BCUT2D eigenvalue weighted by molar-refractivity contribution is 4.81. The summed E-state index contributed by atoms with van der Waals surface area (Å²) in [4.78, 5) is 33.2. The maximum absolute atomic E-state index is 13.8. The lowest BCUT2D eigenvalue weighted by Gasteiger charge is -2.33. The lowest BCUT2D eigenvalue weighted by atomic mass is 10.0. The van der Waals surface area contributed by atoms with Crippen LogP contribution in [0.5, 0.6) is 0 Å². The highest BCUT2D eigenvalue weighted by atomic mass is 19.4. The second-order valence-corrected chi connectivity index (χ2v) is 7.18. The molecule has 0 unspecified atom stereocenters. The van der Waals surface area contributed by atoms with E-state index in [2.05, 4.69) is 9.47 Å². The van der Waals surface area contributed by atoms with Gasteiger partial charge in [-0.15, -0.1) is 0 Å². The summed E-state index contributed by atoms with van der Waals surface area (Å²) in [6.45, 7) is -6.00. The maximum Gasteiger partial charge on any atom is 0.613 e. The molecule has 0 atom stereocenters. The molecule has 0 heterocycles. The van der Waals surface area contributed by atoms with Crippen molar-refractivity contribution in [2.45, 2.75) is 48.8 Å². The van der Waals surface area contributed by atoms with Gasteiger partial charge in [0.05, 0.1) is 13.2 Å². The SMILES string of the molecule is O=[N+]([O-])C(F)(CCC(COCOCC(CCC(F)([N+](=O)[O-])[N+](=O)[O-])(N(F)F)N(F)F)(N(F)F)N(F)F)[N+](=O)[O-]. The minimum atomic E-state index is -4.73. The van der Waals surface area contributed by atoms with Crippen LogP contribution in [-0.2, 0) is 9.47 Å². The van der Waals surface area contributed by atoms with Crippen LogP contribution >= 0.6 is 0 Å². The molecular formula is C11H14F10N8O10. The van der Waals surface area contributed by atoms with Crippen LogP contribution in [0.25, 0.3) is 0 Å². The fourth-order valence-electron chi connectivity index (χ4n) is 2.48. The second kappa shape index (κ2) is 13.6. The molecule has 0 amide bonds. The third-order valence-electron chi connectivity index (χ3n) is 4.90. The minimum Gasteiger partial charge on any atom is -0.352 e. The molecular weight excluding hydrogens is 594 g/mol. The van der Waals surface area contributed by atoms with Gasteiger partial charge in [-0.2, -0.15) is 0 Å². The van der Waals surface area contributed by atoms with Crippen LogP contribution < -0.4 is 0 Å². The summed E-state index contributed by atoms with van der Waals surface area (Å²) in [5, 5.41) is 32.3. The van der Waals surface area contributed by atoms with E-state index < -0.39 is 110 Å². The standard InChI is InChI=1S/C11H14F10N8O10/c12-10(26(30)31,27(32)33)3-1-8(22(14)15,23(16)17)5-38-7-39-6-9(24(18)19,25(20)21)2-4-11(13,28(34)35)29(36)37/h1-7H2. The van der Waals surface area contributed by atoms with Crippen molar-refractivity contribution in [3.8, 4) is 0 Å². The lowest BCUT2D eigenvalue weighted by molar-refractivity contribution is -0.833. The number of rotatable bonds is 20. The van der Waals surface area contributed by atoms with Crippen LogP contribution in [0.3, 0.4) is 0 Å². The number of hydrogen-bond donors (Lipinski definition) is 0. The zero-order valence-corrected chi connectivity index (χ0v) is 18.4. The summed E-state index contributed by atoms with van der Waals surface area (Å²) in [5.74, 6) is -9.46. The van der Waals surface area contributed by atoms with Gasteiger partial charge in [-0.1, -0.05) is 44.6 Å². The Morgan fingerprint density at radius 3 is 0.923 bits per heavy atom. The summed E-state index contributed by atoms with van der Waals surface area (Å²) < 4.78 is 142. The van der Waals surface area contributed by atoms with Gasteiger partial charge in [0.2, 0.25) is 11.3 Å². The van der Waals surface area contributed by atoms with Crippen molar-refractivity contribution in [2.24, 2.45) is 0 Å². The van der Waals surface area contributed by atoms with Crippen molar-refractivity contribution >= 4 is 0 Å². The molecule has 0 aliphatic heterocycles. The van der Waals surface area contributed by atoms with Crippen LogP contribution in [0.1, 0.15) is 25.7 Å².